The van der Waals surface area contributed by atoms with E-state index in [1.54, 1.807) is 0 Å². The van der Waals surface area contributed by atoms with Gasteiger partial charge in [-0.3, -0.25) is 0 Å². The predicted molar refractivity (Wildman–Crippen MR) is 46.1 cm³/mol. The van der Waals surface area contributed by atoms with E-state index < -0.39 is 12.4 Å². The summed E-state index contributed by atoms with van der Waals surface area (Å²) in [5, 5.41) is 27.7. The molecule has 13 heavy (non-hydrogen) atoms. The minimum absolute atomic E-state index is 0.131. The van der Waals surface area contributed by atoms with Gasteiger partial charge in [-0.2, -0.15) is 0 Å². The molecule has 3 N–H and O–H groups in total. The third kappa shape index (κ3) is 2.38. The SMILES string of the molecule is CN(C)[C@H]1C[C@@H](CO)OC(O)C1O. The minimum Gasteiger partial charge on any atom is -0.394 e. The largest absolute Gasteiger partial charge is 0.394 e. The Morgan fingerprint density at radius 3 is 2.46 bits per heavy atom. The average Bonchev–Trinajstić information content (AvgIpc) is 2.09. The fourth-order valence-corrected chi connectivity index (χ4v) is 1.57. The Morgan fingerprint density at radius 2 is 2.00 bits per heavy atom. The summed E-state index contributed by atoms with van der Waals surface area (Å²) < 4.78 is 4.96. The first-order valence-corrected chi connectivity index (χ1v) is 4.35. The number of hydrogen-bond donors (Lipinski definition) is 3. The van der Waals surface area contributed by atoms with Gasteiger partial charge in [0.1, 0.15) is 6.10 Å². The van der Waals surface area contributed by atoms with Gasteiger partial charge >= 0.3 is 0 Å². The zero-order valence-corrected chi connectivity index (χ0v) is 7.92. The Balaban J connectivity index is 2.60. The van der Waals surface area contributed by atoms with E-state index in [9.17, 15) is 10.2 Å². The number of likely N-dealkylation sites (N-methyl/N-ethyl adjacent to an activating group) is 1. The molecule has 0 aromatic rings. The van der Waals surface area contributed by atoms with Crippen molar-refractivity contribution in [3.8, 4) is 0 Å². The third-order valence-electron chi connectivity index (χ3n) is 2.39. The van der Waals surface area contributed by atoms with Gasteiger partial charge in [-0.05, 0) is 20.5 Å². The maximum absolute atomic E-state index is 9.52. The van der Waals surface area contributed by atoms with Gasteiger partial charge in [0.25, 0.3) is 0 Å². The van der Waals surface area contributed by atoms with Crippen molar-refractivity contribution in [1.82, 2.24) is 4.90 Å². The average molecular weight is 191 g/mol. The second-order valence-corrected chi connectivity index (χ2v) is 3.59. The molecule has 1 heterocycles. The molecule has 0 saturated carbocycles. The summed E-state index contributed by atoms with van der Waals surface area (Å²) in [4.78, 5) is 1.82. The number of aliphatic hydroxyl groups is 3. The Labute approximate surface area is 77.5 Å². The van der Waals surface area contributed by atoms with Gasteiger partial charge in [-0.15, -0.1) is 0 Å². The van der Waals surface area contributed by atoms with Crippen LogP contribution in [-0.4, -0.2) is 65.5 Å². The van der Waals surface area contributed by atoms with Gasteiger partial charge in [0.2, 0.25) is 0 Å². The summed E-state index contributed by atoms with van der Waals surface area (Å²) in [6.45, 7) is -0.131. The van der Waals surface area contributed by atoms with Crippen LogP contribution in [0, 0.1) is 0 Å². The number of nitrogens with zero attached hydrogens (tertiary/aromatic N) is 1. The van der Waals surface area contributed by atoms with Crippen LogP contribution >= 0.6 is 0 Å². The molecule has 4 atom stereocenters. The molecule has 0 spiro atoms. The first-order valence-electron chi connectivity index (χ1n) is 4.35. The number of rotatable bonds is 2. The molecule has 1 fully saturated rings. The van der Waals surface area contributed by atoms with Crippen LogP contribution in [0.4, 0.5) is 0 Å². The topological polar surface area (TPSA) is 73.2 Å². The first kappa shape index (κ1) is 10.9. The Bertz CT molecular complexity index is 164. The van der Waals surface area contributed by atoms with Crippen molar-refractivity contribution in [1.29, 1.82) is 0 Å². The molecule has 2 unspecified atom stereocenters. The number of ether oxygens (including phenoxy) is 1. The molecule has 1 aliphatic rings. The van der Waals surface area contributed by atoms with Gasteiger partial charge < -0.3 is 25.0 Å². The molecule has 1 rings (SSSR count). The first-order chi connectivity index (χ1) is 6.06. The highest BCUT2D eigenvalue weighted by Crippen LogP contribution is 2.21. The van der Waals surface area contributed by atoms with E-state index in [1.807, 2.05) is 19.0 Å². The van der Waals surface area contributed by atoms with Crippen LogP contribution in [0.3, 0.4) is 0 Å². The van der Waals surface area contributed by atoms with Crippen molar-refractivity contribution < 1.29 is 20.1 Å². The maximum Gasteiger partial charge on any atom is 0.182 e. The molecule has 5 nitrogen and oxygen atoms in total. The van der Waals surface area contributed by atoms with Crippen molar-refractivity contribution >= 4 is 0 Å². The predicted octanol–water partition coefficient (Wildman–Crippen LogP) is -1.62. The van der Waals surface area contributed by atoms with Gasteiger partial charge in [0.15, 0.2) is 6.29 Å². The molecule has 0 aliphatic carbocycles. The molecule has 0 aromatic heterocycles. The second-order valence-electron chi connectivity index (χ2n) is 3.59. The summed E-state index contributed by atoms with van der Waals surface area (Å²) in [7, 11) is 3.64. The van der Waals surface area contributed by atoms with Crippen LogP contribution in [0.5, 0.6) is 0 Å². The van der Waals surface area contributed by atoms with E-state index in [0.29, 0.717) is 6.42 Å². The molecule has 0 bridgehead atoms. The molecule has 1 saturated heterocycles. The lowest BCUT2D eigenvalue weighted by Crippen LogP contribution is -2.54. The third-order valence-corrected chi connectivity index (χ3v) is 2.39. The van der Waals surface area contributed by atoms with E-state index in [1.165, 1.54) is 0 Å². The zero-order chi connectivity index (χ0) is 10.0. The fraction of sp³-hybridized carbons (Fsp3) is 1.00. The monoisotopic (exact) mass is 191 g/mol. The van der Waals surface area contributed by atoms with Gasteiger partial charge in [0, 0.05) is 6.04 Å². The fourth-order valence-electron chi connectivity index (χ4n) is 1.57. The summed E-state index contributed by atoms with van der Waals surface area (Å²) in [5.74, 6) is 0. The Kier molecular flexibility index (Phi) is 3.63. The van der Waals surface area contributed by atoms with E-state index in [-0.39, 0.29) is 18.8 Å². The highest BCUT2D eigenvalue weighted by Gasteiger charge is 2.37. The lowest BCUT2D eigenvalue weighted by molar-refractivity contribution is -0.239. The Hall–Kier alpha value is -0.200. The highest BCUT2D eigenvalue weighted by molar-refractivity contribution is 4.85. The number of aliphatic hydroxyl groups excluding tert-OH is 3. The van der Waals surface area contributed by atoms with Crippen molar-refractivity contribution in [2.75, 3.05) is 20.7 Å². The van der Waals surface area contributed by atoms with E-state index in [2.05, 4.69) is 0 Å². The summed E-state index contributed by atoms with van der Waals surface area (Å²) in [5.41, 5.74) is 0. The Morgan fingerprint density at radius 1 is 1.38 bits per heavy atom. The molecule has 0 aromatic carbocycles. The van der Waals surface area contributed by atoms with Gasteiger partial charge in [-0.25, -0.2) is 0 Å². The van der Waals surface area contributed by atoms with Crippen LogP contribution < -0.4 is 0 Å². The van der Waals surface area contributed by atoms with Gasteiger partial charge in [-0.1, -0.05) is 0 Å². The van der Waals surface area contributed by atoms with Crippen LogP contribution in [0.1, 0.15) is 6.42 Å². The van der Waals surface area contributed by atoms with Crippen LogP contribution in [-0.2, 0) is 4.74 Å². The van der Waals surface area contributed by atoms with Crippen LogP contribution in [0.15, 0.2) is 0 Å². The molecule has 0 radical (unpaired) electrons. The number of hydrogen-bond acceptors (Lipinski definition) is 5. The molecule has 1 aliphatic heterocycles. The van der Waals surface area contributed by atoms with E-state index in [4.69, 9.17) is 9.84 Å². The smallest absolute Gasteiger partial charge is 0.182 e. The minimum atomic E-state index is -1.20. The molecule has 5 heteroatoms. The zero-order valence-electron chi connectivity index (χ0n) is 7.92. The highest BCUT2D eigenvalue weighted by atomic mass is 16.6. The van der Waals surface area contributed by atoms with Crippen LogP contribution in [0.25, 0.3) is 0 Å². The molecule has 78 valence electrons. The molecular weight excluding hydrogens is 174 g/mol. The van der Waals surface area contributed by atoms with Crippen molar-refractivity contribution in [2.45, 2.75) is 31.0 Å². The van der Waals surface area contributed by atoms with Crippen molar-refractivity contribution in [2.24, 2.45) is 0 Å². The molecular formula is C8H17NO4. The van der Waals surface area contributed by atoms with E-state index in [0.717, 1.165) is 0 Å². The summed E-state index contributed by atoms with van der Waals surface area (Å²) in [6.07, 6.45) is -1.95. The summed E-state index contributed by atoms with van der Waals surface area (Å²) >= 11 is 0. The lowest BCUT2D eigenvalue weighted by Gasteiger charge is -2.39. The van der Waals surface area contributed by atoms with Gasteiger partial charge in [0.05, 0.1) is 12.7 Å². The normalized spacial score (nSPS) is 41.1. The lowest BCUT2D eigenvalue weighted by atomic mass is 9.99. The van der Waals surface area contributed by atoms with Crippen molar-refractivity contribution in [3.05, 3.63) is 0 Å². The standard InChI is InChI=1S/C8H17NO4/c1-9(2)6-3-5(4-10)13-8(12)7(6)11/h5-8,10-12H,3-4H2,1-2H3/t5-,6-,7?,8?/m0/s1. The molecule has 0 amide bonds. The van der Waals surface area contributed by atoms with Crippen molar-refractivity contribution in [3.63, 3.8) is 0 Å². The maximum atomic E-state index is 9.52. The second kappa shape index (κ2) is 4.34. The quantitative estimate of drug-likeness (QED) is 0.489. The van der Waals surface area contributed by atoms with Crippen LogP contribution in [0.2, 0.25) is 0 Å². The van der Waals surface area contributed by atoms with E-state index >= 15 is 0 Å². The summed E-state index contributed by atoms with van der Waals surface area (Å²) in [6, 6.07) is -0.166.